The molecule has 3 aromatic rings. The summed E-state index contributed by atoms with van der Waals surface area (Å²) in [6, 6.07) is 13.6. The van der Waals surface area contributed by atoms with Gasteiger partial charge in [-0.2, -0.15) is 0 Å². The van der Waals surface area contributed by atoms with E-state index in [-0.39, 0.29) is 0 Å². The standard InChI is InChI=1S/C13H9ClN2OS/c14-10-7-6-9(18-10)12-11(13(15)17-16-12)8-4-2-1-3-5-8/h1-7H,15H2. The zero-order valence-electron chi connectivity index (χ0n) is 9.26. The molecule has 0 aliphatic rings. The van der Waals surface area contributed by atoms with Crippen LogP contribution in [-0.4, -0.2) is 5.16 Å². The van der Waals surface area contributed by atoms with E-state index in [1.807, 2.05) is 42.5 Å². The van der Waals surface area contributed by atoms with Gasteiger partial charge in [0.15, 0.2) is 0 Å². The summed E-state index contributed by atoms with van der Waals surface area (Å²) in [4.78, 5) is 0.944. The molecular weight excluding hydrogens is 268 g/mol. The highest BCUT2D eigenvalue weighted by atomic mass is 35.5. The molecule has 2 N–H and O–H groups in total. The number of anilines is 1. The summed E-state index contributed by atoms with van der Waals surface area (Å²) >= 11 is 7.39. The van der Waals surface area contributed by atoms with Crippen LogP contribution in [-0.2, 0) is 0 Å². The Kier molecular flexibility index (Phi) is 2.81. The first-order chi connectivity index (χ1) is 8.75. The molecule has 2 aromatic heterocycles. The van der Waals surface area contributed by atoms with E-state index >= 15 is 0 Å². The molecule has 90 valence electrons. The largest absolute Gasteiger partial charge is 0.367 e. The van der Waals surface area contributed by atoms with E-state index in [2.05, 4.69) is 5.16 Å². The van der Waals surface area contributed by atoms with Crippen molar-refractivity contribution in [3.63, 3.8) is 0 Å². The Morgan fingerprint density at radius 1 is 1.11 bits per heavy atom. The quantitative estimate of drug-likeness (QED) is 0.759. The molecule has 0 unspecified atom stereocenters. The minimum atomic E-state index is 0.320. The molecule has 0 bridgehead atoms. The summed E-state index contributed by atoms with van der Waals surface area (Å²) in [6.45, 7) is 0. The maximum atomic E-state index is 5.94. The van der Waals surface area contributed by atoms with Gasteiger partial charge in [-0.3, -0.25) is 0 Å². The molecule has 0 atom stereocenters. The van der Waals surface area contributed by atoms with Gasteiger partial charge in [0.25, 0.3) is 0 Å². The lowest BCUT2D eigenvalue weighted by Crippen LogP contribution is -1.86. The molecule has 0 saturated carbocycles. The second-order valence-electron chi connectivity index (χ2n) is 3.74. The fraction of sp³-hybridized carbons (Fsp3) is 0. The van der Waals surface area contributed by atoms with E-state index in [0.717, 1.165) is 21.7 Å². The number of hydrogen-bond donors (Lipinski definition) is 1. The SMILES string of the molecule is Nc1onc(-c2ccc(Cl)s2)c1-c1ccccc1. The molecule has 0 saturated heterocycles. The number of halogens is 1. The summed E-state index contributed by atoms with van der Waals surface area (Å²) in [5, 5.41) is 4.03. The molecule has 0 radical (unpaired) electrons. The Bertz CT molecular complexity index is 675. The highest BCUT2D eigenvalue weighted by molar-refractivity contribution is 7.19. The van der Waals surface area contributed by atoms with Gasteiger partial charge in [0.2, 0.25) is 5.88 Å². The van der Waals surface area contributed by atoms with Crippen molar-refractivity contribution in [3.8, 4) is 21.7 Å². The molecule has 0 aliphatic carbocycles. The van der Waals surface area contributed by atoms with Crippen LogP contribution in [0.1, 0.15) is 0 Å². The van der Waals surface area contributed by atoms with Crippen molar-refractivity contribution >= 4 is 28.8 Å². The Balaban J connectivity index is 2.18. The highest BCUT2D eigenvalue weighted by Crippen LogP contribution is 2.39. The summed E-state index contributed by atoms with van der Waals surface area (Å²) < 4.78 is 5.82. The fourth-order valence-corrected chi connectivity index (χ4v) is 2.83. The van der Waals surface area contributed by atoms with Crippen LogP contribution >= 0.6 is 22.9 Å². The van der Waals surface area contributed by atoms with Gasteiger partial charge >= 0.3 is 0 Å². The monoisotopic (exact) mass is 276 g/mol. The number of nitrogens with zero attached hydrogens (tertiary/aromatic N) is 1. The van der Waals surface area contributed by atoms with E-state index in [9.17, 15) is 0 Å². The second-order valence-corrected chi connectivity index (χ2v) is 5.46. The zero-order chi connectivity index (χ0) is 12.5. The maximum Gasteiger partial charge on any atom is 0.230 e. The molecule has 0 amide bonds. The van der Waals surface area contributed by atoms with Gasteiger partial charge < -0.3 is 10.3 Å². The van der Waals surface area contributed by atoms with E-state index in [1.54, 1.807) is 0 Å². The van der Waals surface area contributed by atoms with Gasteiger partial charge in [0.1, 0.15) is 5.69 Å². The minimum Gasteiger partial charge on any atom is -0.367 e. The predicted molar refractivity (Wildman–Crippen MR) is 74.7 cm³/mol. The number of hydrogen-bond acceptors (Lipinski definition) is 4. The van der Waals surface area contributed by atoms with Gasteiger partial charge in [-0.25, -0.2) is 0 Å². The Morgan fingerprint density at radius 3 is 2.56 bits per heavy atom. The average Bonchev–Trinajstić information content (AvgIpc) is 2.96. The number of nitrogens with two attached hydrogens (primary N) is 1. The third-order valence-corrected chi connectivity index (χ3v) is 3.83. The number of thiophene rings is 1. The smallest absolute Gasteiger partial charge is 0.230 e. The Labute approximate surface area is 113 Å². The number of nitrogen functional groups attached to an aromatic ring is 1. The van der Waals surface area contributed by atoms with Crippen molar-refractivity contribution in [3.05, 3.63) is 46.8 Å². The normalized spacial score (nSPS) is 10.7. The van der Waals surface area contributed by atoms with Crippen molar-refractivity contribution in [2.75, 3.05) is 5.73 Å². The summed E-state index contributed by atoms with van der Waals surface area (Å²) in [5.41, 5.74) is 8.39. The lowest BCUT2D eigenvalue weighted by Gasteiger charge is -2.00. The van der Waals surface area contributed by atoms with Crippen molar-refractivity contribution in [1.29, 1.82) is 0 Å². The van der Waals surface area contributed by atoms with Crippen LogP contribution in [0.25, 0.3) is 21.7 Å². The number of rotatable bonds is 2. The van der Waals surface area contributed by atoms with Crippen LogP contribution in [0.4, 0.5) is 5.88 Å². The molecule has 0 aliphatic heterocycles. The van der Waals surface area contributed by atoms with Crippen molar-refractivity contribution in [2.24, 2.45) is 0 Å². The molecule has 0 spiro atoms. The summed E-state index contributed by atoms with van der Waals surface area (Å²) in [5.74, 6) is 0.320. The highest BCUT2D eigenvalue weighted by Gasteiger charge is 2.18. The van der Waals surface area contributed by atoms with Crippen LogP contribution in [0.5, 0.6) is 0 Å². The molecule has 3 rings (SSSR count). The van der Waals surface area contributed by atoms with Crippen LogP contribution in [0.2, 0.25) is 4.34 Å². The van der Waals surface area contributed by atoms with E-state index in [0.29, 0.717) is 10.2 Å². The van der Waals surface area contributed by atoms with Gasteiger partial charge in [-0.15, -0.1) is 11.3 Å². The van der Waals surface area contributed by atoms with Gasteiger partial charge in [-0.05, 0) is 17.7 Å². The maximum absolute atomic E-state index is 5.94. The molecule has 1 aromatic carbocycles. The predicted octanol–water partition coefficient (Wildman–Crippen LogP) is 4.31. The fourth-order valence-electron chi connectivity index (χ4n) is 1.80. The van der Waals surface area contributed by atoms with Gasteiger partial charge in [0, 0.05) is 0 Å². The van der Waals surface area contributed by atoms with Crippen molar-refractivity contribution in [1.82, 2.24) is 5.16 Å². The van der Waals surface area contributed by atoms with Crippen LogP contribution in [0.3, 0.4) is 0 Å². The zero-order valence-corrected chi connectivity index (χ0v) is 10.8. The number of benzene rings is 1. The van der Waals surface area contributed by atoms with E-state index < -0.39 is 0 Å². The second kappa shape index (κ2) is 4.48. The summed E-state index contributed by atoms with van der Waals surface area (Å²) in [7, 11) is 0. The molecule has 0 fully saturated rings. The lowest BCUT2D eigenvalue weighted by molar-refractivity contribution is 0.439. The molecule has 2 heterocycles. The number of aromatic nitrogens is 1. The lowest BCUT2D eigenvalue weighted by atomic mass is 10.1. The van der Waals surface area contributed by atoms with E-state index in [4.69, 9.17) is 21.9 Å². The first-order valence-corrected chi connectivity index (χ1v) is 6.51. The third kappa shape index (κ3) is 1.89. The molecule has 5 heteroatoms. The molecule has 18 heavy (non-hydrogen) atoms. The van der Waals surface area contributed by atoms with E-state index in [1.165, 1.54) is 11.3 Å². The first kappa shape index (κ1) is 11.3. The van der Waals surface area contributed by atoms with Crippen LogP contribution in [0.15, 0.2) is 47.0 Å². The van der Waals surface area contributed by atoms with Gasteiger partial charge in [0.05, 0.1) is 14.8 Å². The average molecular weight is 277 g/mol. The van der Waals surface area contributed by atoms with Crippen LogP contribution < -0.4 is 5.73 Å². The Hall–Kier alpha value is -1.78. The Morgan fingerprint density at radius 2 is 1.89 bits per heavy atom. The summed E-state index contributed by atoms with van der Waals surface area (Å²) in [6.07, 6.45) is 0. The van der Waals surface area contributed by atoms with Crippen LogP contribution in [0, 0.1) is 0 Å². The third-order valence-electron chi connectivity index (χ3n) is 2.59. The molecule has 3 nitrogen and oxygen atoms in total. The first-order valence-electron chi connectivity index (χ1n) is 5.32. The topological polar surface area (TPSA) is 52.0 Å². The van der Waals surface area contributed by atoms with Crippen molar-refractivity contribution in [2.45, 2.75) is 0 Å². The van der Waals surface area contributed by atoms with Crippen molar-refractivity contribution < 1.29 is 4.52 Å². The minimum absolute atomic E-state index is 0.320. The molecular formula is C13H9ClN2OS. The van der Waals surface area contributed by atoms with Gasteiger partial charge in [-0.1, -0.05) is 47.1 Å².